The third-order valence-electron chi connectivity index (χ3n) is 3.97. The first-order valence-electron chi connectivity index (χ1n) is 7.79. The highest BCUT2D eigenvalue weighted by molar-refractivity contribution is 5.76. The van der Waals surface area contributed by atoms with Gasteiger partial charge in [-0.1, -0.05) is 12.1 Å². The Morgan fingerprint density at radius 1 is 1.08 bits per heavy atom. The number of halogens is 1. The van der Waals surface area contributed by atoms with Crippen molar-refractivity contribution in [3.8, 4) is 11.5 Å². The topological polar surface area (TPSA) is 38.8 Å². The molecule has 4 nitrogen and oxygen atoms in total. The number of rotatable bonds is 7. The van der Waals surface area contributed by atoms with Crippen LogP contribution in [0.2, 0.25) is 0 Å². The van der Waals surface area contributed by atoms with Gasteiger partial charge >= 0.3 is 0 Å². The minimum absolute atomic E-state index is 0.0135. The molecule has 2 aromatic carbocycles. The predicted octanol–water partition coefficient (Wildman–Crippen LogP) is 3.82. The maximum Gasteiger partial charge on any atom is 0.226 e. The molecule has 128 valence electrons. The van der Waals surface area contributed by atoms with E-state index in [9.17, 15) is 9.18 Å². The lowest BCUT2D eigenvalue weighted by molar-refractivity contribution is -0.132. The van der Waals surface area contributed by atoms with E-state index in [0.717, 1.165) is 11.3 Å². The molecule has 0 radical (unpaired) electrons. The van der Waals surface area contributed by atoms with Crippen molar-refractivity contribution in [1.82, 2.24) is 4.90 Å². The van der Waals surface area contributed by atoms with Crippen molar-refractivity contribution in [2.24, 2.45) is 0 Å². The van der Waals surface area contributed by atoms with E-state index in [0.29, 0.717) is 5.75 Å². The number of nitrogens with zero attached hydrogens (tertiary/aromatic N) is 1. The summed E-state index contributed by atoms with van der Waals surface area (Å²) in [4.78, 5) is 14.0. The van der Waals surface area contributed by atoms with Crippen molar-refractivity contribution < 1.29 is 18.7 Å². The molecule has 0 N–H and O–H groups in total. The summed E-state index contributed by atoms with van der Waals surface area (Å²) in [7, 11) is 3.39. The van der Waals surface area contributed by atoms with Gasteiger partial charge in [0.15, 0.2) is 0 Å². The molecule has 0 saturated carbocycles. The van der Waals surface area contributed by atoms with Gasteiger partial charge in [-0.15, -0.1) is 0 Å². The smallest absolute Gasteiger partial charge is 0.226 e. The Labute approximate surface area is 141 Å². The Morgan fingerprint density at radius 3 is 2.25 bits per heavy atom. The average molecular weight is 331 g/mol. The second-order valence-corrected chi connectivity index (χ2v) is 5.51. The molecule has 0 aliphatic heterocycles. The van der Waals surface area contributed by atoms with Crippen LogP contribution in [0.4, 0.5) is 4.39 Å². The van der Waals surface area contributed by atoms with Crippen LogP contribution in [0.5, 0.6) is 11.5 Å². The van der Waals surface area contributed by atoms with Crippen molar-refractivity contribution in [3.63, 3.8) is 0 Å². The van der Waals surface area contributed by atoms with Crippen LogP contribution in [0.15, 0.2) is 48.5 Å². The highest BCUT2D eigenvalue weighted by Crippen LogP contribution is 2.22. The first-order valence-corrected chi connectivity index (χ1v) is 7.79. The lowest BCUT2D eigenvalue weighted by Gasteiger charge is -2.25. The molecule has 0 aromatic heterocycles. The van der Waals surface area contributed by atoms with Crippen LogP contribution in [0.25, 0.3) is 0 Å². The molecule has 1 unspecified atom stereocenters. The van der Waals surface area contributed by atoms with E-state index in [4.69, 9.17) is 9.47 Å². The molecular formula is C19H22FNO3. The molecule has 1 amide bonds. The number of carbonyl (C=O) groups excluding carboxylic acids is 1. The number of hydrogen-bond acceptors (Lipinski definition) is 3. The molecule has 0 bridgehead atoms. The summed E-state index contributed by atoms with van der Waals surface area (Å²) in [6.07, 6.45) is 0.258. The average Bonchev–Trinajstić information content (AvgIpc) is 2.62. The van der Waals surface area contributed by atoms with Crippen molar-refractivity contribution in [1.29, 1.82) is 0 Å². The molecule has 2 aromatic rings. The molecule has 24 heavy (non-hydrogen) atoms. The maximum absolute atomic E-state index is 12.8. The van der Waals surface area contributed by atoms with Gasteiger partial charge in [-0.3, -0.25) is 4.79 Å². The summed E-state index contributed by atoms with van der Waals surface area (Å²) < 4.78 is 23.4. The zero-order valence-electron chi connectivity index (χ0n) is 14.2. The van der Waals surface area contributed by atoms with Crippen molar-refractivity contribution in [2.75, 3.05) is 20.8 Å². The van der Waals surface area contributed by atoms with Gasteiger partial charge < -0.3 is 14.4 Å². The van der Waals surface area contributed by atoms with Crippen LogP contribution in [0, 0.1) is 5.82 Å². The molecule has 0 heterocycles. The first-order chi connectivity index (χ1) is 11.5. The molecule has 5 heteroatoms. The van der Waals surface area contributed by atoms with Crippen molar-refractivity contribution in [2.45, 2.75) is 19.4 Å². The number of hydrogen-bond donors (Lipinski definition) is 0. The highest BCUT2D eigenvalue weighted by Gasteiger charge is 2.17. The molecule has 0 aliphatic rings. The molecule has 0 aliphatic carbocycles. The number of methoxy groups -OCH3 is 1. The third-order valence-corrected chi connectivity index (χ3v) is 3.97. The normalized spacial score (nSPS) is 11.7. The number of carbonyl (C=O) groups is 1. The first kappa shape index (κ1) is 17.8. The van der Waals surface area contributed by atoms with Crippen LogP contribution in [0.1, 0.15) is 24.9 Å². The standard InChI is InChI=1S/C19H22FNO3/c1-14(15-4-8-17(23-3)9-5-15)21(2)19(22)12-13-24-18-10-6-16(20)7-11-18/h4-11,14H,12-13H2,1-3H3. The molecule has 0 fully saturated rings. The van der Waals surface area contributed by atoms with E-state index in [2.05, 4.69) is 0 Å². The zero-order chi connectivity index (χ0) is 17.5. The summed E-state index contributed by atoms with van der Waals surface area (Å²) in [5.41, 5.74) is 1.03. The van der Waals surface area contributed by atoms with E-state index >= 15 is 0 Å². The van der Waals surface area contributed by atoms with Gasteiger partial charge in [0.2, 0.25) is 5.91 Å². The summed E-state index contributed by atoms with van der Waals surface area (Å²) >= 11 is 0. The molecule has 0 spiro atoms. The Hall–Kier alpha value is -2.56. The van der Waals surface area contributed by atoms with E-state index in [-0.39, 0.29) is 30.8 Å². The fraction of sp³-hybridized carbons (Fsp3) is 0.316. The minimum atomic E-state index is -0.313. The van der Waals surface area contributed by atoms with E-state index in [1.165, 1.54) is 12.1 Å². The summed E-state index contributed by atoms with van der Waals surface area (Å²) in [5, 5.41) is 0. The van der Waals surface area contributed by atoms with Gasteiger partial charge in [-0.05, 0) is 48.9 Å². The Balaban J connectivity index is 1.85. The second-order valence-electron chi connectivity index (χ2n) is 5.51. The number of benzene rings is 2. The maximum atomic E-state index is 12.8. The van der Waals surface area contributed by atoms with Gasteiger partial charge in [-0.25, -0.2) is 4.39 Å². The van der Waals surface area contributed by atoms with E-state index in [1.54, 1.807) is 31.2 Å². The zero-order valence-corrected chi connectivity index (χ0v) is 14.2. The van der Waals surface area contributed by atoms with Crippen LogP contribution < -0.4 is 9.47 Å². The summed E-state index contributed by atoms with van der Waals surface area (Å²) in [6.45, 7) is 2.23. The van der Waals surface area contributed by atoms with Gasteiger partial charge in [-0.2, -0.15) is 0 Å². The summed E-state index contributed by atoms with van der Waals surface area (Å²) in [5.74, 6) is 1.01. The molecule has 2 rings (SSSR count). The number of ether oxygens (including phenoxy) is 2. The Morgan fingerprint density at radius 2 is 1.67 bits per heavy atom. The fourth-order valence-corrected chi connectivity index (χ4v) is 2.29. The lowest BCUT2D eigenvalue weighted by atomic mass is 10.1. The third kappa shape index (κ3) is 4.72. The van der Waals surface area contributed by atoms with Crippen molar-refractivity contribution >= 4 is 5.91 Å². The Kier molecular flexibility index (Phi) is 6.18. The van der Waals surface area contributed by atoms with Gasteiger partial charge in [0.25, 0.3) is 0 Å². The minimum Gasteiger partial charge on any atom is -0.497 e. The SMILES string of the molecule is COc1ccc(C(C)N(C)C(=O)CCOc2ccc(F)cc2)cc1. The van der Waals surface area contributed by atoms with E-state index in [1.807, 2.05) is 31.2 Å². The van der Waals surface area contributed by atoms with Crippen LogP contribution in [0.3, 0.4) is 0 Å². The van der Waals surface area contributed by atoms with Gasteiger partial charge in [0, 0.05) is 7.05 Å². The van der Waals surface area contributed by atoms with Gasteiger partial charge in [0.1, 0.15) is 17.3 Å². The highest BCUT2D eigenvalue weighted by atomic mass is 19.1. The largest absolute Gasteiger partial charge is 0.497 e. The van der Waals surface area contributed by atoms with Crippen LogP contribution >= 0.6 is 0 Å². The second kappa shape index (κ2) is 8.34. The lowest BCUT2D eigenvalue weighted by Crippen LogP contribution is -2.30. The monoisotopic (exact) mass is 331 g/mol. The molecule has 0 saturated heterocycles. The quantitative estimate of drug-likeness (QED) is 0.774. The fourth-order valence-electron chi connectivity index (χ4n) is 2.29. The van der Waals surface area contributed by atoms with Crippen molar-refractivity contribution in [3.05, 3.63) is 59.9 Å². The summed E-state index contributed by atoms with van der Waals surface area (Å²) in [6, 6.07) is 13.3. The predicted molar refractivity (Wildman–Crippen MR) is 90.7 cm³/mol. The van der Waals surface area contributed by atoms with E-state index < -0.39 is 0 Å². The molecule has 1 atom stereocenters. The van der Waals surface area contributed by atoms with Crippen LogP contribution in [-0.2, 0) is 4.79 Å². The Bertz CT molecular complexity index is 655. The molecular weight excluding hydrogens is 309 g/mol. The number of amides is 1. The van der Waals surface area contributed by atoms with Crippen LogP contribution in [-0.4, -0.2) is 31.6 Å². The van der Waals surface area contributed by atoms with Gasteiger partial charge in [0.05, 0.1) is 26.2 Å².